The number of hydrogen-bond donors (Lipinski definition) is 0. The van der Waals surface area contributed by atoms with Gasteiger partial charge in [-0.25, -0.2) is 0 Å². The van der Waals surface area contributed by atoms with Gasteiger partial charge >= 0.3 is 0 Å². The zero-order chi connectivity index (χ0) is 32.1. The number of para-hydroxylation sites is 2. The minimum atomic E-state index is 0.907. The van der Waals surface area contributed by atoms with E-state index in [0.717, 1.165) is 28.1 Å². The SMILES string of the molecule is c1ccc2c(c1)-c1cn(-c3cccc4c3sc3ccc(-n5c6ccccc6c6ccccc65)cc34)cc1-c1cccnc1-c1ncccc1-2. The third-order valence-electron chi connectivity index (χ3n) is 10.0. The summed E-state index contributed by atoms with van der Waals surface area (Å²) in [5.74, 6) is 0. The number of aromatic nitrogens is 4. The summed E-state index contributed by atoms with van der Waals surface area (Å²) in [4.78, 5) is 9.74. The maximum Gasteiger partial charge on any atom is 0.0971 e. The molecular weight excluding hydrogens is 617 g/mol. The van der Waals surface area contributed by atoms with Crippen LogP contribution in [0.25, 0.3) is 98.1 Å². The second-order valence-electron chi connectivity index (χ2n) is 12.6. The maximum atomic E-state index is 4.89. The maximum absolute atomic E-state index is 4.89. The molecule has 11 rings (SSSR count). The normalized spacial score (nSPS) is 12.1. The molecule has 5 heterocycles. The molecule has 0 amide bonds. The Kier molecular flexibility index (Phi) is 5.51. The van der Waals surface area contributed by atoms with Crippen molar-refractivity contribution in [2.45, 2.75) is 0 Å². The second kappa shape index (κ2) is 10.1. The van der Waals surface area contributed by atoms with Crippen molar-refractivity contribution in [2.75, 3.05) is 0 Å². The van der Waals surface area contributed by atoms with Crippen LogP contribution >= 0.6 is 11.3 Å². The van der Waals surface area contributed by atoms with E-state index in [1.165, 1.54) is 70.0 Å². The van der Waals surface area contributed by atoms with E-state index in [0.29, 0.717) is 0 Å². The fourth-order valence-electron chi connectivity index (χ4n) is 7.91. The van der Waals surface area contributed by atoms with Gasteiger partial charge in [0.05, 0.1) is 32.8 Å². The lowest BCUT2D eigenvalue weighted by atomic mass is 9.86. The minimum Gasteiger partial charge on any atom is -0.321 e. The van der Waals surface area contributed by atoms with Crippen LogP contribution in [0.1, 0.15) is 0 Å². The van der Waals surface area contributed by atoms with E-state index in [9.17, 15) is 0 Å². The van der Waals surface area contributed by atoms with Crippen molar-refractivity contribution in [3.63, 3.8) is 0 Å². The van der Waals surface area contributed by atoms with Gasteiger partial charge in [0, 0.05) is 79.0 Å². The monoisotopic (exact) mass is 642 g/mol. The molecule has 0 saturated carbocycles. The molecule has 0 N–H and O–H groups in total. The van der Waals surface area contributed by atoms with Crippen LogP contribution in [0.3, 0.4) is 0 Å². The van der Waals surface area contributed by atoms with Gasteiger partial charge in [-0.2, -0.15) is 0 Å². The molecule has 0 bridgehead atoms. The lowest BCUT2D eigenvalue weighted by Gasteiger charge is -2.18. The molecule has 1 aliphatic carbocycles. The van der Waals surface area contributed by atoms with Crippen LogP contribution in [0, 0.1) is 0 Å². The average molecular weight is 643 g/mol. The highest BCUT2D eigenvalue weighted by Gasteiger charge is 2.25. The third kappa shape index (κ3) is 3.79. The Morgan fingerprint density at radius 3 is 1.73 bits per heavy atom. The molecule has 0 unspecified atom stereocenters. The smallest absolute Gasteiger partial charge is 0.0971 e. The van der Waals surface area contributed by atoms with Gasteiger partial charge in [0.25, 0.3) is 0 Å². The van der Waals surface area contributed by atoms with E-state index >= 15 is 0 Å². The summed E-state index contributed by atoms with van der Waals surface area (Å²) in [6.45, 7) is 0. The number of rotatable bonds is 2. The van der Waals surface area contributed by atoms with Crippen LogP contribution in [-0.2, 0) is 0 Å². The van der Waals surface area contributed by atoms with E-state index in [1.807, 2.05) is 35.9 Å². The molecule has 228 valence electrons. The molecule has 5 aromatic heterocycles. The lowest BCUT2D eigenvalue weighted by Crippen LogP contribution is -1.98. The zero-order valence-corrected chi connectivity index (χ0v) is 27.0. The fraction of sp³-hybridized carbons (Fsp3) is 0. The molecule has 49 heavy (non-hydrogen) atoms. The lowest BCUT2D eigenvalue weighted by molar-refractivity contribution is 1.10. The summed E-state index contributed by atoms with van der Waals surface area (Å²) in [6.07, 6.45) is 8.31. The van der Waals surface area contributed by atoms with E-state index in [4.69, 9.17) is 9.97 Å². The Bertz CT molecular complexity index is 2820. The van der Waals surface area contributed by atoms with Crippen LogP contribution in [0.4, 0.5) is 0 Å². The van der Waals surface area contributed by atoms with E-state index in [-0.39, 0.29) is 0 Å². The van der Waals surface area contributed by atoms with Crippen LogP contribution in [0.2, 0.25) is 0 Å². The number of pyridine rings is 2. The Morgan fingerprint density at radius 2 is 1.02 bits per heavy atom. The Labute approximate surface area is 285 Å². The fourth-order valence-corrected chi connectivity index (χ4v) is 9.11. The first-order valence-corrected chi connectivity index (χ1v) is 17.3. The largest absolute Gasteiger partial charge is 0.321 e. The highest BCUT2D eigenvalue weighted by molar-refractivity contribution is 7.26. The molecule has 1 aliphatic rings. The van der Waals surface area contributed by atoms with E-state index in [2.05, 4.69) is 143 Å². The van der Waals surface area contributed by atoms with Crippen molar-refractivity contribution in [3.05, 3.63) is 158 Å². The van der Waals surface area contributed by atoms with Crippen molar-refractivity contribution < 1.29 is 0 Å². The highest BCUT2D eigenvalue weighted by atomic mass is 32.1. The van der Waals surface area contributed by atoms with E-state index in [1.54, 1.807) is 0 Å². The second-order valence-corrected chi connectivity index (χ2v) is 13.7. The summed E-state index contributed by atoms with van der Waals surface area (Å²) >= 11 is 1.86. The van der Waals surface area contributed by atoms with Crippen molar-refractivity contribution in [3.8, 4) is 56.1 Å². The summed E-state index contributed by atoms with van der Waals surface area (Å²) < 4.78 is 7.26. The van der Waals surface area contributed by atoms with Gasteiger partial charge in [-0.1, -0.05) is 84.9 Å². The molecule has 0 saturated heterocycles. The van der Waals surface area contributed by atoms with Gasteiger partial charge in [-0.3, -0.25) is 9.97 Å². The Balaban J connectivity index is 1.14. The topological polar surface area (TPSA) is 35.6 Å². The van der Waals surface area contributed by atoms with Gasteiger partial charge in [-0.05, 0) is 59.7 Å². The number of hydrogen-bond acceptors (Lipinski definition) is 3. The first kappa shape index (κ1) is 26.7. The predicted molar refractivity (Wildman–Crippen MR) is 204 cm³/mol. The number of benzene rings is 5. The molecular formula is C44H26N4S. The molecule has 0 atom stereocenters. The Morgan fingerprint density at radius 1 is 0.449 bits per heavy atom. The standard InChI is InChI=1S/C44H26N4S/c1-2-11-29-28(10-1)32-15-8-22-45-42(32)43-33(16-9-23-46-43)37-26-47(25-36(29)37)40-19-7-14-34-35-24-27(20-21-41(35)49-44(34)40)48-38-17-5-3-12-30(38)31-13-4-6-18-39(31)48/h1-26H. The number of thiophene rings is 1. The van der Waals surface area contributed by atoms with Gasteiger partial charge in [-0.15, -0.1) is 11.3 Å². The predicted octanol–water partition coefficient (Wildman–Crippen LogP) is 11.7. The molecule has 4 nitrogen and oxygen atoms in total. The summed E-state index contributed by atoms with van der Waals surface area (Å²) in [7, 11) is 0. The van der Waals surface area contributed by atoms with Crippen LogP contribution in [-0.4, -0.2) is 19.1 Å². The average Bonchev–Trinajstić information content (AvgIpc) is 3.86. The van der Waals surface area contributed by atoms with E-state index < -0.39 is 0 Å². The highest BCUT2D eigenvalue weighted by Crippen LogP contribution is 2.48. The molecule has 10 aromatic rings. The molecule has 5 heteroatoms. The first-order chi connectivity index (χ1) is 24.3. The molecule has 5 aromatic carbocycles. The zero-order valence-electron chi connectivity index (χ0n) is 26.2. The van der Waals surface area contributed by atoms with Crippen molar-refractivity contribution in [2.24, 2.45) is 0 Å². The third-order valence-corrected chi connectivity index (χ3v) is 11.2. The van der Waals surface area contributed by atoms with Crippen molar-refractivity contribution >= 4 is 53.3 Å². The van der Waals surface area contributed by atoms with Gasteiger partial charge in [0.2, 0.25) is 0 Å². The Hall–Kier alpha value is -6.30. The molecule has 0 fully saturated rings. The number of nitrogens with zero attached hydrogens (tertiary/aromatic N) is 4. The van der Waals surface area contributed by atoms with Crippen LogP contribution in [0.5, 0.6) is 0 Å². The number of fused-ring (bicyclic) bond motifs is 14. The molecule has 0 radical (unpaired) electrons. The summed E-state index contributed by atoms with van der Waals surface area (Å²) in [5.41, 5.74) is 13.5. The van der Waals surface area contributed by atoms with Crippen molar-refractivity contribution in [1.82, 2.24) is 19.1 Å². The first-order valence-electron chi connectivity index (χ1n) is 16.5. The van der Waals surface area contributed by atoms with Gasteiger partial charge < -0.3 is 9.13 Å². The van der Waals surface area contributed by atoms with Gasteiger partial charge in [0.1, 0.15) is 0 Å². The minimum absolute atomic E-state index is 0.907. The van der Waals surface area contributed by atoms with Crippen LogP contribution in [0.15, 0.2) is 158 Å². The summed E-state index contributed by atoms with van der Waals surface area (Å²) in [5, 5.41) is 5.08. The summed E-state index contributed by atoms with van der Waals surface area (Å²) in [6, 6.07) is 48.1. The molecule has 0 spiro atoms. The quantitative estimate of drug-likeness (QED) is 0.188. The molecule has 0 aliphatic heterocycles. The van der Waals surface area contributed by atoms with Gasteiger partial charge in [0.15, 0.2) is 0 Å². The van der Waals surface area contributed by atoms with Crippen molar-refractivity contribution in [1.29, 1.82) is 0 Å². The van der Waals surface area contributed by atoms with Crippen LogP contribution < -0.4 is 0 Å².